The van der Waals surface area contributed by atoms with Crippen LogP contribution in [0.15, 0.2) is 40.9 Å². The van der Waals surface area contributed by atoms with Crippen molar-refractivity contribution < 1.29 is 4.39 Å². The van der Waals surface area contributed by atoms with Crippen LogP contribution in [0, 0.1) is 12.7 Å². The van der Waals surface area contributed by atoms with Crippen LogP contribution in [0.2, 0.25) is 5.02 Å². The quantitative estimate of drug-likeness (QED) is 0.820. The number of benzene rings is 2. The minimum absolute atomic E-state index is 0.275. The largest absolute Gasteiger partial charge is 0.381 e. The Morgan fingerprint density at radius 1 is 1.22 bits per heavy atom. The highest BCUT2D eigenvalue weighted by Crippen LogP contribution is 2.22. The van der Waals surface area contributed by atoms with Crippen LogP contribution in [0.4, 0.5) is 10.1 Å². The van der Waals surface area contributed by atoms with Crippen LogP contribution < -0.4 is 5.32 Å². The SMILES string of the molecule is Cc1cc(NCc2cc(F)ccc2Cl)ccc1Br. The van der Waals surface area contributed by atoms with Gasteiger partial charge in [-0.15, -0.1) is 0 Å². The predicted molar refractivity (Wildman–Crippen MR) is 77.6 cm³/mol. The summed E-state index contributed by atoms with van der Waals surface area (Å²) >= 11 is 9.45. The zero-order valence-electron chi connectivity index (χ0n) is 9.81. The molecule has 0 atom stereocenters. The number of halogens is 3. The maximum absolute atomic E-state index is 13.1. The molecule has 18 heavy (non-hydrogen) atoms. The van der Waals surface area contributed by atoms with Gasteiger partial charge in [-0.25, -0.2) is 4.39 Å². The van der Waals surface area contributed by atoms with E-state index in [0.717, 1.165) is 21.3 Å². The topological polar surface area (TPSA) is 12.0 Å². The highest BCUT2D eigenvalue weighted by atomic mass is 79.9. The lowest BCUT2D eigenvalue weighted by Crippen LogP contribution is -2.00. The van der Waals surface area contributed by atoms with Crippen molar-refractivity contribution in [3.8, 4) is 0 Å². The van der Waals surface area contributed by atoms with E-state index in [1.165, 1.54) is 12.1 Å². The van der Waals surface area contributed by atoms with Gasteiger partial charge in [0.2, 0.25) is 0 Å². The Kier molecular flexibility index (Phi) is 4.25. The fraction of sp³-hybridized carbons (Fsp3) is 0.143. The predicted octanol–water partition coefficient (Wildman–Crippen LogP) is 5.16. The molecule has 4 heteroatoms. The average molecular weight is 329 g/mol. The summed E-state index contributed by atoms with van der Waals surface area (Å²) in [6, 6.07) is 10.3. The molecule has 0 bridgehead atoms. The van der Waals surface area contributed by atoms with E-state index in [0.29, 0.717) is 11.6 Å². The van der Waals surface area contributed by atoms with E-state index >= 15 is 0 Å². The fourth-order valence-electron chi connectivity index (χ4n) is 1.63. The van der Waals surface area contributed by atoms with E-state index < -0.39 is 0 Å². The maximum Gasteiger partial charge on any atom is 0.123 e. The van der Waals surface area contributed by atoms with Crippen molar-refractivity contribution in [2.75, 3.05) is 5.32 Å². The van der Waals surface area contributed by atoms with E-state index in [1.807, 2.05) is 25.1 Å². The Balaban J connectivity index is 2.11. The molecular formula is C14H12BrClFN. The van der Waals surface area contributed by atoms with Crippen LogP contribution in [-0.4, -0.2) is 0 Å². The van der Waals surface area contributed by atoms with E-state index in [4.69, 9.17) is 11.6 Å². The zero-order chi connectivity index (χ0) is 13.1. The molecular weight excluding hydrogens is 317 g/mol. The molecule has 0 aliphatic rings. The number of rotatable bonds is 3. The Hall–Kier alpha value is -1.06. The molecule has 0 aliphatic heterocycles. The normalized spacial score (nSPS) is 10.4. The minimum atomic E-state index is -0.275. The van der Waals surface area contributed by atoms with Gasteiger partial charge in [-0.1, -0.05) is 27.5 Å². The van der Waals surface area contributed by atoms with Crippen LogP contribution >= 0.6 is 27.5 Å². The van der Waals surface area contributed by atoms with Gasteiger partial charge >= 0.3 is 0 Å². The van der Waals surface area contributed by atoms with Crippen LogP contribution in [0.25, 0.3) is 0 Å². The standard InChI is InChI=1S/C14H12BrClFN/c1-9-6-12(3-4-13(9)15)18-8-10-7-11(17)2-5-14(10)16/h2-7,18H,8H2,1H3. The summed E-state index contributed by atoms with van der Waals surface area (Å²) in [5.41, 5.74) is 2.87. The first-order chi connectivity index (χ1) is 8.56. The number of aryl methyl sites for hydroxylation is 1. The molecule has 1 N–H and O–H groups in total. The third-order valence-corrected chi connectivity index (χ3v) is 3.91. The molecule has 2 aromatic rings. The molecule has 2 rings (SSSR count). The summed E-state index contributed by atoms with van der Waals surface area (Å²) in [6.07, 6.45) is 0. The van der Waals surface area contributed by atoms with Crippen LogP contribution in [0.5, 0.6) is 0 Å². The van der Waals surface area contributed by atoms with Gasteiger partial charge in [-0.05, 0) is 54.4 Å². The first-order valence-electron chi connectivity index (χ1n) is 5.50. The number of nitrogens with one attached hydrogen (secondary N) is 1. The summed E-state index contributed by atoms with van der Waals surface area (Å²) in [4.78, 5) is 0. The summed E-state index contributed by atoms with van der Waals surface area (Å²) in [5.74, 6) is -0.275. The lowest BCUT2D eigenvalue weighted by Gasteiger charge is -2.09. The Bertz CT molecular complexity index is 572. The summed E-state index contributed by atoms with van der Waals surface area (Å²) < 4.78 is 14.2. The summed E-state index contributed by atoms with van der Waals surface area (Å²) in [6.45, 7) is 2.52. The van der Waals surface area contributed by atoms with Gasteiger partial charge in [0.15, 0.2) is 0 Å². The Morgan fingerprint density at radius 3 is 2.72 bits per heavy atom. The second kappa shape index (κ2) is 5.72. The van der Waals surface area contributed by atoms with Gasteiger partial charge < -0.3 is 5.32 Å². The summed E-state index contributed by atoms with van der Waals surface area (Å²) in [5, 5.41) is 3.79. The zero-order valence-corrected chi connectivity index (χ0v) is 12.1. The van der Waals surface area contributed by atoms with Gasteiger partial charge in [0, 0.05) is 21.7 Å². The van der Waals surface area contributed by atoms with E-state index in [9.17, 15) is 4.39 Å². The fourth-order valence-corrected chi connectivity index (χ4v) is 2.06. The van der Waals surface area contributed by atoms with Crippen LogP contribution in [0.1, 0.15) is 11.1 Å². The molecule has 2 aromatic carbocycles. The maximum atomic E-state index is 13.1. The van der Waals surface area contributed by atoms with Crippen molar-refractivity contribution >= 4 is 33.2 Å². The van der Waals surface area contributed by atoms with Crippen molar-refractivity contribution in [3.63, 3.8) is 0 Å². The van der Waals surface area contributed by atoms with E-state index in [-0.39, 0.29) is 5.82 Å². The molecule has 0 radical (unpaired) electrons. The summed E-state index contributed by atoms with van der Waals surface area (Å²) in [7, 11) is 0. The first kappa shape index (κ1) is 13.4. The second-order valence-corrected chi connectivity index (χ2v) is 5.31. The van der Waals surface area contributed by atoms with Crippen LogP contribution in [0.3, 0.4) is 0 Å². The van der Waals surface area contributed by atoms with E-state index in [2.05, 4.69) is 21.2 Å². The highest BCUT2D eigenvalue weighted by molar-refractivity contribution is 9.10. The van der Waals surface area contributed by atoms with Crippen molar-refractivity contribution in [1.29, 1.82) is 0 Å². The van der Waals surface area contributed by atoms with Crippen LogP contribution in [-0.2, 0) is 6.54 Å². The monoisotopic (exact) mass is 327 g/mol. The Morgan fingerprint density at radius 2 is 2.00 bits per heavy atom. The Labute approximate surface area is 119 Å². The van der Waals surface area contributed by atoms with Gasteiger partial charge in [0.1, 0.15) is 5.82 Å². The first-order valence-corrected chi connectivity index (χ1v) is 6.67. The van der Waals surface area contributed by atoms with E-state index in [1.54, 1.807) is 6.07 Å². The third kappa shape index (κ3) is 3.24. The van der Waals surface area contributed by atoms with Crippen molar-refractivity contribution in [3.05, 3.63) is 62.8 Å². The molecule has 0 saturated carbocycles. The molecule has 0 aromatic heterocycles. The number of anilines is 1. The van der Waals surface area contributed by atoms with Gasteiger partial charge in [0.25, 0.3) is 0 Å². The van der Waals surface area contributed by atoms with Crippen molar-refractivity contribution in [2.45, 2.75) is 13.5 Å². The minimum Gasteiger partial charge on any atom is -0.381 e. The lowest BCUT2D eigenvalue weighted by molar-refractivity contribution is 0.626. The van der Waals surface area contributed by atoms with Crippen molar-refractivity contribution in [2.24, 2.45) is 0 Å². The van der Waals surface area contributed by atoms with Gasteiger partial charge in [-0.3, -0.25) is 0 Å². The second-order valence-electron chi connectivity index (χ2n) is 4.05. The van der Waals surface area contributed by atoms with Gasteiger partial charge in [-0.2, -0.15) is 0 Å². The molecule has 0 aliphatic carbocycles. The molecule has 0 heterocycles. The highest BCUT2D eigenvalue weighted by Gasteiger charge is 2.03. The number of hydrogen-bond donors (Lipinski definition) is 1. The molecule has 0 unspecified atom stereocenters. The molecule has 0 amide bonds. The average Bonchev–Trinajstić information content (AvgIpc) is 2.34. The molecule has 1 nitrogen and oxygen atoms in total. The molecule has 0 saturated heterocycles. The van der Waals surface area contributed by atoms with Crippen molar-refractivity contribution in [1.82, 2.24) is 0 Å². The lowest BCUT2D eigenvalue weighted by atomic mass is 10.2. The number of hydrogen-bond acceptors (Lipinski definition) is 1. The van der Waals surface area contributed by atoms with Gasteiger partial charge in [0.05, 0.1) is 0 Å². The molecule has 94 valence electrons. The molecule has 0 spiro atoms. The third-order valence-electron chi connectivity index (χ3n) is 2.65. The smallest absolute Gasteiger partial charge is 0.123 e. The molecule has 0 fully saturated rings.